The second-order valence-corrected chi connectivity index (χ2v) is 5.24. The summed E-state index contributed by atoms with van der Waals surface area (Å²) in [5, 5.41) is 3.54. The molecule has 0 aliphatic carbocycles. The summed E-state index contributed by atoms with van der Waals surface area (Å²) in [6.45, 7) is 3.30. The molecule has 3 rings (SSSR count). The Morgan fingerprint density at radius 3 is 3.22 bits per heavy atom. The highest BCUT2D eigenvalue weighted by Gasteiger charge is 2.15. The van der Waals surface area contributed by atoms with Gasteiger partial charge in [-0.1, -0.05) is 6.07 Å². The highest BCUT2D eigenvalue weighted by molar-refractivity contribution is 5.74. The number of hydrogen-bond donors (Lipinski definition) is 2. The minimum absolute atomic E-state index is 0.672. The molecule has 2 aromatic rings. The molecule has 2 N–H and O–H groups in total. The van der Waals surface area contributed by atoms with Crippen LogP contribution < -0.4 is 5.32 Å². The van der Waals surface area contributed by atoms with E-state index >= 15 is 0 Å². The Kier molecular flexibility index (Phi) is 3.30. The predicted octanol–water partition coefficient (Wildman–Crippen LogP) is 1.75. The van der Waals surface area contributed by atoms with Gasteiger partial charge in [0.05, 0.1) is 17.4 Å². The van der Waals surface area contributed by atoms with E-state index in [0.717, 1.165) is 24.1 Å². The van der Waals surface area contributed by atoms with Crippen molar-refractivity contribution in [3.05, 3.63) is 30.1 Å². The third-order valence-corrected chi connectivity index (χ3v) is 3.63. The van der Waals surface area contributed by atoms with Crippen LogP contribution in [0.1, 0.15) is 18.4 Å². The van der Waals surface area contributed by atoms with Crippen LogP contribution in [0.4, 0.5) is 0 Å². The number of nitrogens with zero attached hydrogens (tertiary/aromatic N) is 2. The van der Waals surface area contributed by atoms with Gasteiger partial charge >= 0.3 is 0 Å². The second-order valence-electron chi connectivity index (χ2n) is 5.24. The molecular formula is C14H20N4. The van der Waals surface area contributed by atoms with E-state index in [4.69, 9.17) is 0 Å². The lowest BCUT2D eigenvalue weighted by molar-refractivity contribution is 0.293. The van der Waals surface area contributed by atoms with Crippen molar-refractivity contribution < 1.29 is 0 Å². The van der Waals surface area contributed by atoms with Gasteiger partial charge in [0.25, 0.3) is 0 Å². The van der Waals surface area contributed by atoms with Gasteiger partial charge in [-0.05, 0) is 44.1 Å². The highest BCUT2D eigenvalue weighted by Crippen LogP contribution is 2.14. The molecule has 1 unspecified atom stereocenters. The van der Waals surface area contributed by atoms with Gasteiger partial charge in [-0.3, -0.25) is 0 Å². The standard InChI is InChI=1S/C14H20N4/c1-18(9-12-3-2-6-15-12)8-11-4-5-13-14(7-11)17-10-16-13/h4-5,7,10,12,15H,2-3,6,8-9H2,1H3,(H,16,17). The Hall–Kier alpha value is -1.39. The molecule has 1 aromatic heterocycles. The quantitative estimate of drug-likeness (QED) is 0.861. The maximum absolute atomic E-state index is 4.24. The number of H-pyrrole nitrogens is 1. The van der Waals surface area contributed by atoms with Gasteiger partial charge in [-0.2, -0.15) is 0 Å². The average Bonchev–Trinajstić information content (AvgIpc) is 2.98. The molecule has 0 saturated carbocycles. The summed E-state index contributed by atoms with van der Waals surface area (Å²) in [6, 6.07) is 7.12. The van der Waals surface area contributed by atoms with E-state index in [-0.39, 0.29) is 0 Å². The van der Waals surface area contributed by atoms with Gasteiger partial charge < -0.3 is 15.2 Å². The first-order valence-corrected chi connectivity index (χ1v) is 6.65. The van der Waals surface area contributed by atoms with E-state index in [1.54, 1.807) is 6.33 Å². The third-order valence-electron chi connectivity index (χ3n) is 3.63. The fourth-order valence-electron chi connectivity index (χ4n) is 2.75. The number of aromatic amines is 1. The molecule has 1 aromatic carbocycles. The molecule has 0 radical (unpaired) electrons. The molecule has 4 heteroatoms. The molecule has 96 valence electrons. The zero-order chi connectivity index (χ0) is 12.4. The fourth-order valence-corrected chi connectivity index (χ4v) is 2.75. The Balaban J connectivity index is 1.63. The van der Waals surface area contributed by atoms with Crippen LogP contribution in [0.25, 0.3) is 11.0 Å². The molecule has 1 saturated heterocycles. The number of likely N-dealkylation sites (N-methyl/N-ethyl adjacent to an activating group) is 1. The van der Waals surface area contributed by atoms with E-state index in [9.17, 15) is 0 Å². The summed E-state index contributed by atoms with van der Waals surface area (Å²) in [4.78, 5) is 9.80. The van der Waals surface area contributed by atoms with Gasteiger partial charge in [0, 0.05) is 19.1 Å². The fraction of sp³-hybridized carbons (Fsp3) is 0.500. The largest absolute Gasteiger partial charge is 0.345 e. The molecule has 4 nitrogen and oxygen atoms in total. The minimum Gasteiger partial charge on any atom is -0.345 e. The van der Waals surface area contributed by atoms with Gasteiger partial charge in [0.1, 0.15) is 0 Å². The Morgan fingerprint density at radius 1 is 1.44 bits per heavy atom. The second kappa shape index (κ2) is 5.08. The predicted molar refractivity (Wildman–Crippen MR) is 73.5 cm³/mol. The van der Waals surface area contributed by atoms with Gasteiger partial charge in [0.15, 0.2) is 0 Å². The summed E-state index contributed by atoms with van der Waals surface area (Å²) in [5.41, 5.74) is 3.51. The number of aromatic nitrogens is 2. The first-order valence-electron chi connectivity index (χ1n) is 6.65. The van der Waals surface area contributed by atoms with Crippen molar-refractivity contribution in [3.63, 3.8) is 0 Å². The Morgan fingerprint density at radius 2 is 2.39 bits per heavy atom. The van der Waals surface area contributed by atoms with Crippen LogP contribution in [0.15, 0.2) is 24.5 Å². The van der Waals surface area contributed by atoms with Crippen LogP contribution in [-0.4, -0.2) is 41.0 Å². The highest BCUT2D eigenvalue weighted by atomic mass is 15.1. The third kappa shape index (κ3) is 2.54. The molecule has 0 amide bonds. The van der Waals surface area contributed by atoms with Crippen molar-refractivity contribution in [2.24, 2.45) is 0 Å². The van der Waals surface area contributed by atoms with Crippen LogP contribution in [0.3, 0.4) is 0 Å². The van der Waals surface area contributed by atoms with E-state index in [2.05, 4.69) is 45.4 Å². The van der Waals surface area contributed by atoms with Crippen molar-refractivity contribution in [2.45, 2.75) is 25.4 Å². The Labute approximate surface area is 107 Å². The average molecular weight is 244 g/mol. The number of benzene rings is 1. The van der Waals surface area contributed by atoms with E-state index < -0.39 is 0 Å². The van der Waals surface area contributed by atoms with Crippen LogP contribution in [0.5, 0.6) is 0 Å². The van der Waals surface area contributed by atoms with Gasteiger partial charge in [-0.15, -0.1) is 0 Å². The van der Waals surface area contributed by atoms with E-state index in [1.807, 2.05) is 0 Å². The lowest BCUT2D eigenvalue weighted by atomic mass is 10.1. The summed E-state index contributed by atoms with van der Waals surface area (Å²) in [7, 11) is 2.19. The zero-order valence-corrected chi connectivity index (χ0v) is 10.8. The first-order chi connectivity index (χ1) is 8.81. The number of nitrogens with one attached hydrogen (secondary N) is 2. The molecule has 1 atom stereocenters. The lowest BCUT2D eigenvalue weighted by Crippen LogP contribution is -2.34. The molecule has 18 heavy (non-hydrogen) atoms. The number of imidazole rings is 1. The lowest BCUT2D eigenvalue weighted by Gasteiger charge is -2.21. The van der Waals surface area contributed by atoms with Gasteiger partial charge in [-0.25, -0.2) is 4.98 Å². The van der Waals surface area contributed by atoms with Crippen molar-refractivity contribution in [1.29, 1.82) is 0 Å². The molecule has 1 aliphatic heterocycles. The minimum atomic E-state index is 0.672. The van der Waals surface area contributed by atoms with Gasteiger partial charge in [0.2, 0.25) is 0 Å². The molecule has 0 spiro atoms. The van der Waals surface area contributed by atoms with E-state index in [1.165, 1.54) is 24.9 Å². The molecule has 2 heterocycles. The summed E-state index contributed by atoms with van der Waals surface area (Å²) >= 11 is 0. The summed E-state index contributed by atoms with van der Waals surface area (Å²) < 4.78 is 0. The molecule has 1 aliphatic rings. The Bertz CT molecular complexity index is 513. The maximum atomic E-state index is 4.24. The smallest absolute Gasteiger partial charge is 0.0931 e. The SMILES string of the molecule is CN(Cc1ccc2nc[nH]c2c1)CC1CCCN1. The topological polar surface area (TPSA) is 44.0 Å². The number of hydrogen-bond acceptors (Lipinski definition) is 3. The number of rotatable bonds is 4. The summed E-state index contributed by atoms with van der Waals surface area (Å²) in [6.07, 6.45) is 4.38. The van der Waals surface area contributed by atoms with E-state index in [0.29, 0.717) is 6.04 Å². The van der Waals surface area contributed by atoms with Crippen molar-refractivity contribution >= 4 is 11.0 Å². The molecule has 1 fully saturated rings. The van der Waals surface area contributed by atoms with Crippen molar-refractivity contribution in [1.82, 2.24) is 20.2 Å². The van der Waals surface area contributed by atoms with Crippen LogP contribution in [-0.2, 0) is 6.54 Å². The number of fused-ring (bicyclic) bond motifs is 1. The summed E-state index contributed by atoms with van der Waals surface area (Å²) in [5.74, 6) is 0. The van der Waals surface area contributed by atoms with Crippen molar-refractivity contribution in [3.8, 4) is 0 Å². The van der Waals surface area contributed by atoms with Crippen molar-refractivity contribution in [2.75, 3.05) is 20.1 Å². The van der Waals surface area contributed by atoms with Crippen LogP contribution in [0.2, 0.25) is 0 Å². The first kappa shape index (κ1) is 11.7. The van der Waals surface area contributed by atoms with Crippen LogP contribution >= 0.6 is 0 Å². The monoisotopic (exact) mass is 244 g/mol. The molecule has 0 bridgehead atoms. The van der Waals surface area contributed by atoms with Crippen LogP contribution in [0, 0.1) is 0 Å². The maximum Gasteiger partial charge on any atom is 0.0931 e. The zero-order valence-electron chi connectivity index (χ0n) is 10.8. The molecular weight excluding hydrogens is 224 g/mol. The normalized spacial score (nSPS) is 20.0.